The summed E-state index contributed by atoms with van der Waals surface area (Å²) >= 11 is 0. The minimum absolute atomic E-state index is 0.00773. The summed E-state index contributed by atoms with van der Waals surface area (Å²) in [6.45, 7) is 18.6. The molecule has 0 radical (unpaired) electrons. The molecular formula is C27H44BN3O3. The second-order valence-corrected chi connectivity index (χ2v) is 11.6. The van der Waals surface area contributed by atoms with Crippen molar-refractivity contribution in [3.63, 3.8) is 0 Å². The maximum absolute atomic E-state index is 13.3. The van der Waals surface area contributed by atoms with Crippen molar-refractivity contribution in [3.05, 3.63) is 24.9 Å². The van der Waals surface area contributed by atoms with Crippen molar-refractivity contribution in [1.29, 1.82) is 0 Å². The van der Waals surface area contributed by atoms with Crippen LogP contribution in [0.3, 0.4) is 0 Å². The van der Waals surface area contributed by atoms with Gasteiger partial charge in [-0.25, -0.2) is 0 Å². The Balaban J connectivity index is 1.69. The van der Waals surface area contributed by atoms with Crippen molar-refractivity contribution in [2.45, 2.75) is 98.1 Å². The van der Waals surface area contributed by atoms with E-state index in [2.05, 4.69) is 49.9 Å². The average Bonchev–Trinajstić information content (AvgIpc) is 2.79. The molecule has 4 rings (SSSR count). The van der Waals surface area contributed by atoms with Crippen LogP contribution in [0.1, 0.15) is 74.1 Å². The fourth-order valence-corrected chi connectivity index (χ4v) is 6.71. The number of hydrogen-bond donors (Lipinski definition) is 2. The van der Waals surface area contributed by atoms with Crippen molar-refractivity contribution in [1.82, 2.24) is 10.6 Å². The number of nitrogens with zero attached hydrogens (tertiary/aromatic N) is 1. The number of allylic oxidation sites excluding steroid dienone is 1. The van der Waals surface area contributed by atoms with Crippen molar-refractivity contribution < 1.29 is 14.2 Å². The van der Waals surface area contributed by atoms with E-state index in [1.165, 1.54) is 18.9 Å². The minimum atomic E-state index is -0.662. The van der Waals surface area contributed by atoms with E-state index in [-0.39, 0.29) is 36.0 Å². The Kier molecular flexibility index (Phi) is 8.16. The van der Waals surface area contributed by atoms with Crippen LogP contribution in [0.5, 0.6) is 0 Å². The highest BCUT2D eigenvalue weighted by Gasteiger charge is 2.65. The summed E-state index contributed by atoms with van der Waals surface area (Å²) in [5, 5.41) is 6.08. The van der Waals surface area contributed by atoms with Crippen LogP contribution in [0.15, 0.2) is 29.9 Å². The Morgan fingerprint density at radius 3 is 2.47 bits per heavy atom. The fraction of sp³-hybridized carbons (Fsp3) is 0.741. The summed E-state index contributed by atoms with van der Waals surface area (Å²) in [6.07, 6.45) is 10.1. The zero-order valence-corrected chi connectivity index (χ0v) is 22.2. The van der Waals surface area contributed by atoms with E-state index >= 15 is 0 Å². The third-order valence-corrected chi connectivity index (χ3v) is 8.99. The third-order valence-electron chi connectivity index (χ3n) is 8.99. The maximum Gasteiger partial charge on any atom is 0.316 e. The fourth-order valence-electron chi connectivity index (χ4n) is 6.71. The van der Waals surface area contributed by atoms with E-state index in [1.54, 1.807) is 12.3 Å². The van der Waals surface area contributed by atoms with Gasteiger partial charge in [-0.3, -0.25) is 14.6 Å². The van der Waals surface area contributed by atoms with E-state index in [9.17, 15) is 9.59 Å². The maximum atomic E-state index is 13.3. The first-order valence-electron chi connectivity index (χ1n) is 13.1. The van der Waals surface area contributed by atoms with Gasteiger partial charge < -0.3 is 15.3 Å². The SMILES string of the molecule is C=CC(=N/C=C\C)C(=O)N[C@@H](C(=O)NC(CC)B1CCC2CC3CC(C3(C)C)[C@@]2(C)O1)C(C)C. The molecule has 34 heavy (non-hydrogen) atoms. The number of aliphatic imine (C=N–C) groups is 1. The number of hydrogen-bond acceptors (Lipinski definition) is 4. The van der Waals surface area contributed by atoms with E-state index < -0.39 is 11.9 Å². The molecule has 2 N–H and O–H groups in total. The van der Waals surface area contributed by atoms with E-state index in [0.29, 0.717) is 17.3 Å². The van der Waals surface area contributed by atoms with Crippen molar-refractivity contribution in [2.24, 2.45) is 34.1 Å². The Hall–Kier alpha value is -1.89. The number of rotatable bonds is 9. The first kappa shape index (κ1) is 26.7. The van der Waals surface area contributed by atoms with E-state index in [0.717, 1.165) is 25.1 Å². The highest BCUT2D eigenvalue weighted by Crippen LogP contribution is 2.67. The van der Waals surface area contributed by atoms with Crippen LogP contribution < -0.4 is 10.6 Å². The van der Waals surface area contributed by atoms with Gasteiger partial charge in [0.2, 0.25) is 5.91 Å². The Bertz CT molecular complexity index is 852. The molecule has 0 aromatic carbocycles. The quantitative estimate of drug-likeness (QED) is 0.383. The molecule has 3 aliphatic carbocycles. The zero-order chi connectivity index (χ0) is 25.3. The average molecular weight is 469 g/mol. The molecule has 188 valence electrons. The van der Waals surface area contributed by atoms with Gasteiger partial charge in [-0.1, -0.05) is 53.7 Å². The molecule has 2 bridgehead atoms. The zero-order valence-electron chi connectivity index (χ0n) is 22.2. The van der Waals surface area contributed by atoms with Crippen LogP contribution in [0.4, 0.5) is 0 Å². The van der Waals surface area contributed by atoms with Gasteiger partial charge in [0, 0.05) is 12.1 Å². The van der Waals surface area contributed by atoms with Gasteiger partial charge in [0.25, 0.3) is 5.91 Å². The second kappa shape index (κ2) is 10.4. The van der Waals surface area contributed by atoms with Crippen LogP contribution in [0.25, 0.3) is 0 Å². The molecule has 0 spiro atoms. The highest BCUT2D eigenvalue weighted by molar-refractivity contribution is 6.54. The molecule has 1 heterocycles. The third kappa shape index (κ3) is 4.91. The van der Waals surface area contributed by atoms with E-state index in [1.807, 2.05) is 20.8 Å². The molecule has 4 unspecified atom stereocenters. The molecule has 4 aliphatic rings. The van der Waals surface area contributed by atoms with Crippen molar-refractivity contribution >= 4 is 24.4 Å². The summed E-state index contributed by atoms with van der Waals surface area (Å²) in [5.41, 5.74) is 0.409. The smallest absolute Gasteiger partial charge is 0.316 e. The Labute approximate surface area is 206 Å². The summed E-state index contributed by atoms with van der Waals surface area (Å²) in [7, 11) is 0. The lowest BCUT2D eigenvalue weighted by Crippen LogP contribution is -2.69. The summed E-state index contributed by atoms with van der Waals surface area (Å²) < 4.78 is 6.90. The summed E-state index contributed by atoms with van der Waals surface area (Å²) in [5.74, 6) is 1.29. The van der Waals surface area contributed by atoms with Gasteiger partial charge in [0.05, 0.1) is 5.60 Å². The van der Waals surface area contributed by atoms with Crippen LogP contribution in [-0.4, -0.2) is 42.0 Å². The first-order valence-corrected chi connectivity index (χ1v) is 13.1. The van der Waals surface area contributed by atoms with Gasteiger partial charge in [0.1, 0.15) is 11.8 Å². The lowest BCUT2D eigenvalue weighted by molar-refractivity contribution is -0.221. The van der Waals surface area contributed by atoms with Crippen molar-refractivity contribution in [3.8, 4) is 0 Å². The molecule has 6 atom stereocenters. The predicted octanol–water partition coefficient (Wildman–Crippen LogP) is 4.57. The Morgan fingerprint density at radius 1 is 1.21 bits per heavy atom. The molecule has 1 saturated heterocycles. The summed E-state index contributed by atoms with van der Waals surface area (Å²) in [4.78, 5) is 30.1. The first-order chi connectivity index (χ1) is 16.0. The molecule has 3 saturated carbocycles. The Morgan fingerprint density at radius 2 is 1.91 bits per heavy atom. The van der Waals surface area contributed by atoms with Gasteiger partial charge in [0.15, 0.2) is 0 Å². The van der Waals surface area contributed by atoms with Crippen LogP contribution >= 0.6 is 0 Å². The number of carbonyl (C=O) groups excluding carboxylic acids is 2. The largest absolute Gasteiger partial charge is 0.428 e. The summed E-state index contributed by atoms with van der Waals surface area (Å²) in [6, 6.07) is -0.662. The van der Waals surface area contributed by atoms with Gasteiger partial charge in [-0.05, 0) is 74.6 Å². The van der Waals surface area contributed by atoms with Crippen LogP contribution in [0, 0.1) is 29.1 Å². The molecule has 0 aromatic heterocycles. The van der Waals surface area contributed by atoms with Gasteiger partial charge >= 0.3 is 6.92 Å². The van der Waals surface area contributed by atoms with Crippen LogP contribution in [0.2, 0.25) is 6.32 Å². The normalized spacial score (nSPS) is 31.9. The van der Waals surface area contributed by atoms with Crippen LogP contribution in [-0.2, 0) is 14.2 Å². The molecule has 1 aliphatic heterocycles. The second-order valence-electron chi connectivity index (χ2n) is 11.6. The van der Waals surface area contributed by atoms with E-state index in [4.69, 9.17) is 4.65 Å². The van der Waals surface area contributed by atoms with Gasteiger partial charge in [-0.2, -0.15) is 0 Å². The predicted molar refractivity (Wildman–Crippen MR) is 140 cm³/mol. The number of amides is 2. The standard InChI is InChI=1S/C27H44BN3O3/c1-9-14-29-20(10-2)24(32)31-23(17(4)5)25(33)30-22(11-3)28-13-12-18-15-19-16-21(26(19,6)7)27(18,8)34-28/h9-10,14,17-19,21-23H,2,11-13,15-16H2,1,3-8H3,(H,30,33)(H,31,32)/b14-9-,29-20?/t18?,19?,21?,22?,23-,27+/m1/s1. The molecule has 0 aromatic rings. The molecule has 6 nitrogen and oxygen atoms in total. The van der Waals surface area contributed by atoms with Crippen molar-refractivity contribution in [2.75, 3.05) is 0 Å². The van der Waals surface area contributed by atoms with Gasteiger partial charge in [-0.15, -0.1) is 0 Å². The number of nitrogens with one attached hydrogen (secondary N) is 2. The molecule has 2 amide bonds. The topological polar surface area (TPSA) is 79.8 Å². The molecule has 7 heteroatoms. The minimum Gasteiger partial charge on any atom is -0.428 e. The lowest BCUT2D eigenvalue weighted by Gasteiger charge is -2.69. The number of carbonyl (C=O) groups is 2. The molecule has 4 fully saturated rings. The monoisotopic (exact) mass is 469 g/mol. The highest BCUT2D eigenvalue weighted by atomic mass is 16.5. The lowest BCUT2D eigenvalue weighted by atomic mass is 9.38. The molecular weight excluding hydrogens is 425 g/mol.